The summed E-state index contributed by atoms with van der Waals surface area (Å²) in [6.45, 7) is 2.72. The highest BCUT2D eigenvalue weighted by molar-refractivity contribution is 5.76. The van der Waals surface area contributed by atoms with Gasteiger partial charge in [0.25, 0.3) is 0 Å². The summed E-state index contributed by atoms with van der Waals surface area (Å²) in [5.74, 6) is -0.260. The lowest BCUT2D eigenvalue weighted by Crippen LogP contribution is -2.65. The van der Waals surface area contributed by atoms with Gasteiger partial charge in [-0.25, -0.2) is 0 Å². The minimum absolute atomic E-state index is 0.260. The van der Waals surface area contributed by atoms with Gasteiger partial charge in [-0.3, -0.25) is 4.79 Å². The van der Waals surface area contributed by atoms with Crippen molar-refractivity contribution >= 4 is 5.91 Å². The summed E-state index contributed by atoms with van der Waals surface area (Å²) >= 11 is 0. The zero-order valence-electron chi connectivity index (χ0n) is 48.7. The normalized spacial score (nSPS) is 24.9. The Balaban J connectivity index is 1.64. The summed E-state index contributed by atoms with van der Waals surface area (Å²) in [5, 5.41) is 86.9. The van der Waals surface area contributed by atoms with E-state index in [0.717, 1.165) is 57.8 Å². The van der Waals surface area contributed by atoms with E-state index in [1.54, 1.807) is 6.08 Å². The van der Waals surface area contributed by atoms with E-state index in [9.17, 15) is 45.6 Å². The number of aliphatic hydroxyl groups excluding tert-OH is 8. The van der Waals surface area contributed by atoms with Gasteiger partial charge in [0.1, 0.15) is 48.8 Å². The van der Waals surface area contributed by atoms with E-state index in [4.69, 9.17) is 18.9 Å². The molecule has 0 aromatic heterocycles. The monoisotopic (exact) mass is 1100 g/mol. The quantitative estimate of drug-likeness (QED) is 0.0204. The third-order valence-corrected chi connectivity index (χ3v) is 15.5. The smallest absolute Gasteiger partial charge is 0.220 e. The second-order valence-electron chi connectivity index (χ2n) is 22.5. The molecular formula is C63H117NO13. The molecule has 0 radical (unpaired) electrons. The van der Waals surface area contributed by atoms with Crippen LogP contribution in [0.25, 0.3) is 0 Å². The van der Waals surface area contributed by atoms with Crippen LogP contribution in [-0.4, -0.2) is 140 Å². The van der Waals surface area contributed by atoms with Gasteiger partial charge in [-0.1, -0.05) is 243 Å². The number of rotatable bonds is 51. The molecule has 0 bridgehead atoms. The van der Waals surface area contributed by atoms with E-state index in [0.29, 0.717) is 12.8 Å². The zero-order valence-corrected chi connectivity index (χ0v) is 48.7. The molecule has 77 heavy (non-hydrogen) atoms. The van der Waals surface area contributed by atoms with Crippen LogP contribution in [0.4, 0.5) is 0 Å². The van der Waals surface area contributed by atoms with Crippen LogP contribution < -0.4 is 5.32 Å². The maximum absolute atomic E-state index is 13.2. The first-order valence-corrected chi connectivity index (χ1v) is 31.7. The van der Waals surface area contributed by atoms with Crippen molar-refractivity contribution in [3.8, 4) is 0 Å². The first-order chi connectivity index (χ1) is 37.6. The molecule has 2 aliphatic heterocycles. The molecule has 0 aromatic rings. The van der Waals surface area contributed by atoms with Crippen LogP contribution in [0.1, 0.15) is 264 Å². The summed E-state index contributed by atoms with van der Waals surface area (Å²) in [6, 6.07) is -0.934. The average Bonchev–Trinajstić information content (AvgIpc) is 3.44. The zero-order chi connectivity index (χ0) is 56.0. The predicted molar refractivity (Wildman–Crippen MR) is 309 cm³/mol. The van der Waals surface area contributed by atoms with Crippen molar-refractivity contribution in [1.82, 2.24) is 5.32 Å². The van der Waals surface area contributed by atoms with Crippen molar-refractivity contribution in [1.29, 1.82) is 0 Å². The number of nitrogens with one attached hydrogen (secondary N) is 1. The van der Waals surface area contributed by atoms with E-state index < -0.39 is 86.8 Å². The van der Waals surface area contributed by atoms with Crippen molar-refractivity contribution in [2.45, 2.75) is 338 Å². The van der Waals surface area contributed by atoms with Gasteiger partial charge in [-0.05, 0) is 51.4 Å². The number of amides is 1. The second-order valence-corrected chi connectivity index (χ2v) is 22.5. The highest BCUT2D eigenvalue weighted by Crippen LogP contribution is 2.30. The van der Waals surface area contributed by atoms with Gasteiger partial charge in [-0.15, -0.1) is 0 Å². The summed E-state index contributed by atoms with van der Waals surface area (Å²) in [5.41, 5.74) is 0. The number of hydrogen-bond acceptors (Lipinski definition) is 13. The molecule has 0 saturated carbocycles. The SMILES string of the molecule is CCC/C=C\CCCCCCCC(=O)NC(COC1OC(CO)C(OC2OC(CO)C(O)C(O)C2O)C(O)C1O)C(O)/C=C/CC/C=C/CCCCCCCCCCCCCCCCCCCCCCCCCCCCC. The first-order valence-electron chi connectivity index (χ1n) is 31.7. The van der Waals surface area contributed by atoms with Gasteiger partial charge in [0.05, 0.1) is 32.0 Å². The molecule has 14 nitrogen and oxygen atoms in total. The standard InChI is InChI=1S/C63H117NO13/c1-3-5-7-9-11-13-15-16-17-18-19-20-21-22-23-24-25-26-27-28-29-30-31-32-33-34-35-36-37-38-40-42-44-46-52(67)51(64-55(68)47-45-43-41-39-14-12-10-8-6-4-2)50-74-62-60(73)58(71)61(54(49-66)76-62)77-63-59(72)57(70)56(69)53(48-65)75-63/h8,10,37-38,44,46,51-54,56-63,65-67,69-73H,3-7,9,11-36,39-43,45,47-50H2,1-2H3,(H,64,68)/b10-8-,38-37+,46-44+. The maximum atomic E-state index is 13.2. The first kappa shape index (κ1) is 71.3. The van der Waals surface area contributed by atoms with Crippen LogP contribution in [0.15, 0.2) is 36.5 Å². The van der Waals surface area contributed by atoms with Crippen LogP contribution >= 0.6 is 0 Å². The minimum Gasteiger partial charge on any atom is -0.394 e. The number of unbranched alkanes of at least 4 members (excludes halogenated alkanes) is 34. The van der Waals surface area contributed by atoms with Gasteiger partial charge in [0, 0.05) is 6.42 Å². The number of hydrogen-bond donors (Lipinski definition) is 9. The molecule has 9 N–H and O–H groups in total. The fourth-order valence-electron chi connectivity index (χ4n) is 10.4. The number of aliphatic hydroxyl groups is 8. The molecule has 452 valence electrons. The Morgan fingerprint density at radius 1 is 0.455 bits per heavy atom. The molecule has 2 fully saturated rings. The molecule has 12 unspecified atom stereocenters. The fourth-order valence-corrected chi connectivity index (χ4v) is 10.4. The molecule has 2 saturated heterocycles. The Morgan fingerprint density at radius 3 is 1.32 bits per heavy atom. The number of allylic oxidation sites excluding steroid dienone is 5. The lowest BCUT2D eigenvalue weighted by atomic mass is 9.97. The molecule has 12 atom stereocenters. The van der Waals surface area contributed by atoms with Gasteiger partial charge >= 0.3 is 0 Å². The molecule has 2 heterocycles. The second kappa shape index (κ2) is 48.9. The van der Waals surface area contributed by atoms with Crippen LogP contribution in [0, 0.1) is 0 Å². The van der Waals surface area contributed by atoms with Crippen LogP contribution in [0.2, 0.25) is 0 Å². The van der Waals surface area contributed by atoms with Crippen LogP contribution in [0.5, 0.6) is 0 Å². The largest absolute Gasteiger partial charge is 0.394 e. The van der Waals surface area contributed by atoms with Crippen molar-refractivity contribution in [2.75, 3.05) is 19.8 Å². The third-order valence-electron chi connectivity index (χ3n) is 15.5. The van der Waals surface area contributed by atoms with Crippen LogP contribution in [-0.2, 0) is 23.7 Å². The Bertz CT molecular complexity index is 1430. The Morgan fingerprint density at radius 2 is 0.857 bits per heavy atom. The van der Waals surface area contributed by atoms with Crippen molar-refractivity contribution in [3.05, 3.63) is 36.5 Å². The van der Waals surface area contributed by atoms with Gasteiger partial charge < -0.3 is 65.1 Å². The van der Waals surface area contributed by atoms with E-state index >= 15 is 0 Å². The van der Waals surface area contributed by atoms with Crippen molar-refractivity contribution in [2.24, 2.45) is 0 Å². The average molecular weight is 1100 g/mol. The fraction of sp³-hybridized carbons (Fsp3) is 0.889. The Hall–Kier alpha value is -1.79. The van der Waals surface area contributed by atoms with E-state index in [1.165, 1.54) is 173 Å². The molecule has 0 spiro atoms. The van der Waals surface area contributed by atoms with E-state index in [2.05, 4.69) is 43.5 Å². The lowest BCUT2D eigenvalue weighted by Gasteiger charge is -2.46. The van der Waals surface area contributed by atoms with Gasteiger partial charge in [-0.2, -0.15) is 0 Å². The summed E-state index contributed by atoms with van der Waals surface area (Å²) in [4.78, 5) is 13.2. The number of ether oxygens (including phenoxy) is 4. The molecule has 0 aromatic carbocycles. The molecular weight excluding hydrogens is 979 g/mol. The van der Waals surface area contributed by atoms with Gasteiger partial charge in [0.2, 0.25) is 5.91 Å². The summed E-state index contributed by atoms with van der Waals surface area (Å²) in [6.07, 6.45) is 43.9. The Kier molecular flexibility index (Phi) is 45.3. The third kappa shape index (κ3) is 34.3. The van der Waals surface area contributed by atoms with E-state index in [1.807, 2.05) is 6.08 Å². The van der Waals surface area contributed by atoms with Crippen LogP contribution in [0.3, 0.4) is 0 Å². The summed E-state index contributed by atoms with van der Waals surface area (Å²) in [7, 11) is 0. The highest BCUT2D eigenvalue weighted by Gasteiger charge is 2.51. The van der Waals surface area contributed by atoms with Crippen molar-refractivity contribution in [3.63, 3.8) is 0 Å². The highest BCUT2D eigenvalue weighted by atomic mass is 16.7. The number of carbonyl (C=O) groups is 1. The van der Waals surface area contributed by atoms with E-state index in [-0.39, 0.29) is 18.9 Å². The maximum Gasteiger partial charge on any atom is 0.220 e. The van der Waals surface area contributed by atoms with Crippen molar-refractivity contribution < 1.29 is 64.6 Å². The van der Waals surface area contributed by atoms with Gasteiger partial charge in [0.15, 0.2) is 12.6 Å². The molecule has 0 aliphatic carbocycles. The topological polar surface area (TPSA) is 228 Å². The number of carbonyl (C=O) groups excluding carboxylic acids is 1. The molecule has 2 rings (SSSR count). The molecule has 1 amide bonds. The summed E-state index contributed by atoms with van der Waals surface area (Å²) < 4.78 is 22.7. The molecule has 14 heteroatoms. The lowest BCUT2D eigenvalue weighted by molar-refractivity contribution is -0.359. The predicted octanol–water partition coefficient (Wildman–Crippen LogP) is 11.4. The Labute approximate surface area is 468 Å². The minimum atomic E-state index is -1.79. The molecule has 2 aliphatic rings.